The van der Waals surface area contributed by atoms with E-state index in [1.54, 1.807) is 72.8 Å². The Balaban J connectivity index is 1.85. The fraction of sp³-hybridized carbons (Fsp3) is 0. The second kappa shape index (κ2) is 11.6. The molecule has 0 aliphatic carbocycles. The molecule has 0 fully saturated rings. The Morgan fingerprint density at radius 2 is 0.611 bits per heavy atom. The van der Waals surface area contributed by atoms with Crippen molar-refractivity contribution in [1.29, 1.82) is 0 Å². The number of benzene rings is 4. The van der Waals surface area contributed by atoms with Crippen molar-refractivity contribution in [3.8, 4) is 0 Å². The molecule has 0 aliphatic rings. The molecule has 0 N–H and O–H groups in total. The molecule has 4 rings (SSSR count). The molecule has 0 bridgehead atoms. The van der Waals surface area contributed by atoms with Crippen LogP contribution in [-0.4, -0.2) is 11.9 Å². The van der Waals surface area contributed by atoms with Gasteiger partial charge < -0.3 is 9.47 Å². The summed E-state index contributed by atoms with van der Waals surface area (Å²) in [5.41, 5.74) is 1.42. The lowest BCUT2D eigenvalue weighted by Crippen LogP contribution is -2.11. The van der Waals surface area contributed by atoms with E-state index in [0.29, 0.717) is 31.2 Å². The summed E-state index contributed by atoms with van der Waals surface area (Å²) in [5.74, 6) is -1.33. The largest absolute Gasteiger partial charge is 0.418 e. The van der Waals surface area contributed by atoms with Crippen molar-refractivity contribution < 1.29 is 19.1 Å². The van der Waals surface area contributed by atoms with Crippen molar-refractivity contribution in [2.24, 2.45) is 0 Å². The van der Waals surface area contributed by atoms with Gasteiger partial charge in [-0.2, -0.15) is 0 Å². The second-order valence-corrected chi connectivity index (χ2v) is 9.21. The van der Waals surface area contributed by atoms with Crippen LogP contribution in [0.25, 0.3) is 11.5 Å². The van der Waals surface area contributed by atoms with Crippen molar-refractivity contribution in [2.75, 3.05) is 0 Å². The molecule has 0 aromatic heterocycles. The molecular formula is C28H16Cl4O4. The molecule has 4 aromatic rings. The molecule has 4 aromatic carbocycles. The van der Waals surface area contributed by atoms with E-state index in [4.69, 9.17) is 55.9 Å². The van der Waals surface area contributed by atoms with Gasteiger partial charge in [0.05, 0.1) is 11.1 Å². The first-order valence-corrected chi connectivity index (χ1v) is 12.0. The minimum atomic E-state index is -0.675. The lowest BCUT2D eigenvalue weighted by atomic mass is 10.1. The smallest absolute Gasteiger partial charge is 0.343 e. The predicted octanol–water partition coefficient (Wildman–Crippen LogP) is 8.84. The molecule has 0 saturated carbocycles. The molecule has 0 spiro atoms. The quantitative estimate of drug-likeness (QED) is 0.135. The predicted molar refractivity (Wildman–Crippen MR) is 143 cm³/mol. The summed E-state index contributed by atoms with van der Waals surface area (Å²) >= 11 is 24.1. The molecule has 0 saturated heterocycles. The standard InChI is InChI=1S/C28H16Cl4O4/c29-21-9-1-17(2-10-21)25(35-27(33)19-5-13-23(31)14-6-19)26(18-3-11-22(30)12-4-18)36-28(34)20-7-15-24(32)16-8-20/h1-16H/b26-25+. The van der Waals surface area contributed by atoms with Crippen molar-refractivity contribution in [3.05, 3.63) is 139 Å². The SMILES string of the molecule is O=C(O/C(=C(/OC(=O)c1ccc(Cl)cc1)c1ccc(Cl)cc1)c1ccc(Cl)cc1)c1ccc(Cl)cc1. The number of rotatable bonds is 6. The van der Waals surface area contributed by atoms with Crippen LogP contribution >= 0.6 is 46.4 Å². The number of carbonyl (C=O) groups excluding carboxylic acids is 2. The van der Waals surface area contributed by atoms with E-state index in [1.165, 1.54) is 24.3 Å². The first-order chi connectivity index (χ1) is 17.3. The fourth-order valence-electron chi connectivity index (χ4n) is 3.15. The third-order valence-electron chi connectivity index (χ3n) is 4.97. The molecule has 0 radical (unpaired) electrons. The first-order valence-electron chi connectivity index (χ1n) is 10.5. The fourth-order valence-corrected chi connectivity index (χ4v) is 3.65. The average molecular weight is 558 g/mol. The Hall–Kier alpha value is -3.28. The lowest BCUT2D eigenvalue weighted by molar-refractivity contribution is 0.0647. The highest BCUT2D eigenvalue weighted by Crippen LogP contribution is 2.32. The van der Waals surface area contributed by atoms with E-state index in [9.17, 15) is 9.59 Å². The highest BCUT2D eigenvalue weighted by Gasteiger charge is 2.23. The van der Waals surface area contributed by atoms with Gasteiger partial charge in [0.15, 0.2) is 11.5 Å². The van der Waals surface area contributed by atoms with Crippen LogP contribution in [0.3, 0.4) is 0 Å². The van der Waals surface area contributed by atoms with Gasteiger partial charge in [-0.3, -0.25) is 0 Å². The van der Waals surface area contributed by atoms with Gasteiger partial charge in [-0.05, 0) is 97.1 Å². The van der Waals surface area contributed by atoms with Gasteiger partial charge in [0.1, 0.15) is 0 Å². The molecule has 8 heteroatoms. The molecule has 0 aliphatic heterocycles. The van der Waals surface area contributed by atoms with Gasteiger partial charge in [0.25, 0.3) is 0 Å². The molecule has 180 valence electrons. The highest BCUT2D eigenvalue weighted by molar-refractivity contribution is 6.31. The van der Waals surface area contributed by atoms with Gasteiger partial charge in [-0.25, -0.2) is 9.59 Å². The Kier molecular flexibility index (Phi) is 8.34. The van der Waals surface area contributed by atoms with Crippen molar-refractivity contribution in [3.63, 3.8) is 0 Å². The molecular weight excluding hydrogens is 542 g/mol. The molecule has 0 heterocycles. The Morgan fingerprint density at radius 3 is 0.861 bits per heavy atom. The van der Waals surface area contributed by atoms with E-state index in [-0.39, 0.29) is 22.6 Å². The van der Waals surface area contributed by atoms with Crippen LogP contribution in [0.4, 0.5) is 0 Å². The van der Waals surface area contributed by atoms with Gasteiger partial charge >= 0.3 is 11.9 Å². The summed E-state index contributed by atoms with van der Waals surface area (Å²) in [5, 5.41) is 1.90. The molecule has 36 heavy (non-hydrogen) atoms. The molecule has 0 amide bonds. The maximum Gasteiger partial charge on any atom is 0.343 e. The normalized spacial score (nSPS) is 11.4. The number of hydrogen-bond acceptors (Lipinski definition) is 4. The summed E-state index contributed by atoms with van der Waals surface area (Å²) < 4.78 is 11.7. The van der Waals surface area contributed by atoms with Crippen LogP contribution in [0.5, 0.6) is 0 Å². The van der Waals surface area contributed by atoms with Crippen molar-refractivity contribution in [1.82, 2.24) is 0 Å². The van der Waals surface area contributed by atoms with Crippen LogP contribution in [-0.2, 0) is 9.47 Å². The number of carbonyl (C=O) groups is 2. The maximum absolute atomic E-state index is 13.1. The Morgan fingerprint density at radius 1 is 0.389 bits per heavy atom. The molecule has 0 unspecified atom stereocenters. The first kappa shape index (κ1) is 25.8. The van der Waals surface area contributed by atoms with E-state index in [2.05, 4.69) is 0 Å². The topological polar surface area (TPSA) is 52.6 Å². The van der Waals surface area contributed by atoms with Gasteiger partial charge in [0, 0.05) is 31.2 Å². The average Bonchev–Trinajstić information content (AvgIpc) is 2.88. The van der Waals surface area contributed by atoms with Gasteiger partial charge in [0.2, 0.25) is 0 Å². The molecule has 4 nitrogen and oxygen atoms in total. The third kappa shape index (κ3) is 6.48. The van der Waals surface area contributed by atoms with Gasteiger partial charge in [-0.15, -0.1) is 0 Å². The van der Waals surface area contributed by atoms with Crippen LogP contribution in [0.2, 0.25) is 20.1 Å². The summed E-state index contributed by atoms with van der Waals surface area (Å²) in [4.78, 5) is 26.2. The van der Waals surface area contributed by atoms with E-state index < -0.39 is 11.9 Å². The van der Waals surface area contributed by atoms with Crippen molar-refractivity contribution in [2.45, 2.75) is 0 Å². The number of ether oxygens (including phenoxy) is 2. The number of halogens is 4. The van der Waals surface area contributed by atoms with Crippen LogP contribution < -0.4 is 0 Å². The third-order valence-corrected chi connectivity index (χ3v) is 5.98. The Bertz CT molecular complexity index is 1300. The lowest BCUT2D eigenvalue weighted by Gasteiger charge is -2.17. The highest BCUT2D eigenvalue weighted by atomic mass is 35.5. The van der Waals surface area contributed by atoms with Crippen LogP contribution in [0.1, 0.15) is 31.8 Å². The van der Waals surface area contributed by atoms with Crippen LogP contribution in [0.15, 0.2) is 97.1 Å². The van der Waals surface area contributed by atoms with E-state index >= 15 is 0 Å². The summed E-state index contributed by atoms with van der Waals surface area (Å²) in [6, 6.07) is 25.6. The second-order valence-electron chi connectivity index (χ2n) is 7.46. The summed E-state index contributed by atoms with van der Waals surface area (Å²) in [7, 11) is 0. The summed E-state index contributed by atoms with van der Waals surface area (Å²) in [6.07, 6.45) is 0. The zero-order chi connectivity index (χ0) is 25.7. The zero-order valence-electron chi connectivity index (χ0n) is 18.4. The van der Waals surface area contributed by atoms with Crippen LogP contribution in [0, 0.1) is 0 Å². The number of esters is 2. The Labute approximate surface area is 227 Å². The monoisotopic (exact) mass is 556 g/mol. The molecule has 0 atom stereocenters. The zero-order valence-corrected chi connectivity index (χ0v) is 21.4. The number of hydrogen-bond donors (Lipinski definition) is 0. The van der Waals surface area contributed by atoms with Gasteiger partial charge in [-0.1, -0.05) is 46.4 Å². The van der Waals surface area contributed by atoms with E-state index in [0.717, 1.165) is 0 Å². The summed E-state index contributed by atoms with van der Waals surface area (Å²) in [6.45, 7) is 0. The van der Waals surface area contributed by atoms with Crippen molar-refractivity contribution >= 4 is 69.9 Å². The minimum Gasteiger partial charge on any atom is -0.418 e. The van der Waals surface area contributed by atoms with E-state index in [1.807, 2.05) is 0 Å². The maximum atomic E-state index is 13.1. The minimum absolute atomic E-state index is 0.0104.